The zero-order chi connectivity index (χ0) is 7.61. The van der Waals surface area contributed by atoms with E-state index in [2.05, 4.69) is 0 Å². The molecule has 1 heterocycles. The second-order valence-corrected chi connectivity index (χ2v) is 2.46. The molecule has 10 heavy (non-hydrogen) atoms. The molecule has 60 valence electrons. The third kappa shape index (κ3) is 1.03. The van der Waals surface area contributed by atoms with E-state index in [1.807, 2.05) is 0 Å². The summed E-state index contributed by atoms with van der Waals surface area (Å²) in [6.07, 6.45) is -0.706. The van der Waals surface area contributed by atoms with Crippen molar-refractivity contribution < 1.29 is 19.7 Å². The number of aliphatic hydroxyl groups excluding tert-OH is 2. The Morgan fingerprint density at radius 3 is 2.70 bits per heavy atom. The molecule has 4 nitrogen and oxygen atoms in total. The van der Waals surface area contributed by atoms with Gasteiger partial charge in [0.05, 0.1) is 19.8 Å². The van der Waals surface area contributed by atoms with Crippen molar-refractivity contribution in [1.29, 1.82) is 0 Å². The molecule has 0 aromatic heterocycles. The summed E-state index contributed by atoms with van der Waals surface area (Å²) in [5.74, 6) is 0. The summed E-state index contributed by atoms with van der Waals surface area (Å²) >= 11 is 0. The van der Waals surface area contributed by atoms with Gasteiger partial charge in [0.2, 0.25) is 0 Å². The summed E-state index contributed by atoms with van der Waals surface area (Å²) in [5, 5.41) is 18.1. The van der Waals surface area contributed by atoms with E-state index in [1.165, 1.54) is 7.11 Å². The van der Waals surface area contributed by atoms with Crippen LogP contribution in [0.15, 0.2) is 0 Å². The van der Waals surface area contributed by atoms with Crippen molar-refractivity contribution in [2.75, 3.05) is 26.9 Å². The molecule has 0 aromatic rings. The van der Waals surface area contributed by atoms with Gasteiger partial charge in [-0.3, -0.25) is 0 Å². The second-order valence-electron chi connectivity index (χ2n) is 2.46. The van der Waals surface area contributed by atoms with Gasteiger partial charge in [-0.15, -0.1) is 0 Å². The number of rotatable bonds is 2. The van der Waals surface area contributed by atoms with Crippen LogP contribution in [0.4, 0.5) is 0 Å². The lowest BCUT2D eigenvalue weighted by Crippen LogP contribution is -2.46. The summed E-state index contributed by atoms with van der Waals surface area (Å²) in [6, 6.07) is 0. The zero-order valence-electron chi connectivity index (χ0n) is 5.91. The molecule has 0 aliphatic carbocycles. The Morgan fingerprint density at radius 2 is 2.50 bits per heavy atom. The molecule has 0 aromatic carbocycles. The first-order valence-corrected chi connectivity index (χ1v) is 3.17. The van der Waals surface area contributed by atoms with Crippen molar-refractivity contribution in [2.45, 2.75) is 11.7 Å². The average molecular weight is 148 g/mol. The standard InChI is InChI=1S/C6H12O4/c1-9-6(3-7)4-10-2-5(6)8/h5,7-8H,2-4H2,1H3/t5?,6-/m0/s1. The fraction of sp³-hybridized carbons (Fsp3) is 1.00. The summed E-state index contributed by atoms with van der Waals surface area (Å²) in [7, 11) is 1.45. The molecule has 2 atom stereocenters. The molecule has 0 amide bonds. The van der Waals surface area contributed by atoms with Crippen molar-refractivity contribution in [3.05, 3.63) is 0 Å². The molecule has 4 heteroatoms. The maximum Gasteiger partial charge on any atom is 0.142 e. The van der Waals surface area contributed by atoms with Crippen LogP contribution in [0.5, 0.6) is 0 Å². The number of methoxy groups -OCH3 is 1. The summed E-state index contributed by atoms with van der Waals surface area (Å²) in [6.45, 7) is 0.306. The summed E-state index contributed by atoms with van der Waals surface area (Å²) < 4.78 is 9.85. The fourth-order valence-corrected chi connectivity index (χ4v) is 1.00. The van der Waals surface area contributed by atoms with E-state index in [4.69, 9.17) is 14.6 Å². The molecule has 1 saturated heterocycles. The molecule has 1 rings (SSSR count). The molecular formula is C6H12O4. The lowest BCUT2D eigenvalue weighted by atomic mass is 10.0. The maximum absolute atomic E-state index is 9.23. The SMILES string of the molecule is CO[C@@]1(CO)COCC1O. The van der Waals surface area contributed by atoms with E-state index in [0.717, 1.165) is 0 Å². The van der Waals surface area contributed by atoms with E-state index >= 15 is 0 Å². The Morgan fingerprint density at radius 1 is 1.80 bits per heavy atom. The van der Waals surface area contributed by atoms with Gasteiger partial charge in [0.1, 0.15) is 11.7 Å². The highest BCUT2D eigenvalue weighted by Crippen LogP contribution is 2.21. The zero-order valence-corrected chi connectivity index (χ0v) is 5.91. The largest absolute Gasteiger partial charge is 0.393 e. The van der Waals surface area contributed by atoms with Crippen LogP contribution in [0, 0.1) is 0 Å². The molecular weight excluding hydrogens is 136 g/mol. The van der Waals surface area contributed by atoms with Gasteiger partial charge in [-0.1, -0.05) is 0 Å². The smallest absolute Gasteiger partial charge is 0.142 e. The van der Waals surface area contributed by atoms with E-state index in [9.17, 15) is 5.11 Å². The summed E-state index contributed by atoms with van der Waals surface area (Å²) in [4.78, 5) is 0. The van der Waals surface area contributed by atoms with Gasteiger partial charge in [0, 0.05) is 7.11 Å². The first kappa shape index (κ1) is 7.94. The number of hydrogen-bond donors (Lipinski definition) is 2. The second kappa shape index (κ2) is 2.84. The molecule has 1 aliphatic rings. The Labute approximate surface area is 59.4 Å². The number of hydrogen-bond acceptors (Lipinski definition) is 4. The molecule has 0 saturated carbocycles. The minimum absolute atomic E-state index is 0.204. The van der Waals surface area contributed by atoms with Gasteiger partial charge in [0.15, 0.2) is 0 Å². The van der Waals surface area contributed by atoms with Crippen LogP contribution in [-0.2, 0) is 9.47 Å². The van der Waals surface area contributed by atoms with Gasteiger partial charge in [-0.05, 0) is 0 Å². The first-order chi connectivity index (χ1) is 4.75. The monoisotopic (exact) mass is 148 g/mol. The number of ether oxygens (including phenoxy) is 2. The van der Waals surface area contributed by atoms with Crippen molar-refractivity contribution in [3.63, 3.8) is 0 Å². The highest BCUT2D eigenvalue weighted by atomic mass is 16.6. The van der Waals surface area contributed by atoms with Crippen molar-refractivity contribution in [3.8, 4) is 0 Å². The predicted molar refractivity (Wildman–Crippen MR) is 33.7 cm³/mol. The Balaban J connectivity index is 2.61. The Kier molecular flexibility index (Phi) is 2.25. The van der Waals surface area contributed by atoms with Crippen molar-refractivity contribution in [2.24, 2.45) is 0 Å². The van der Waals surface area contributed by atoms with E-state index in [1.54, 1.807) is 0 Å². The first-order valence-electron chi connectivity index (χ1n) is 3.17. The number of aliphatic hydroxyl groups is 2. The van der Waals surface area contributed by atoms with E-state index < -0.39 is 11.7 Å². The topological polar surface area (TPSA) is 58.9 Å². The predicted octanol–water partition coefficient (Wildman–Crippen LogP) is -1.25. The van der Waals surface area contributed by atoms with Crippen LogP contribution >= 0.6 is 0 Å². The molecule has 0 spiro atoms. The summed E-state index contributed by atoms with van der Waals surface area (Å²) in [5.41, 5.74) is -0.875. The molecule has 2 N–H and O–H groups in total. The van der Waals surface area contributed by atoms with Crippen LogP contribution in [0.2, 0.25) is 0 Å². The van der Waals surface area contributed by atoms with Crippen LogP contribution in [0.1, 0.15) is 0 Å². The Bertz CT molecular complexity index is 110. The van der Waals surface area contributed by atoms with Crippen LogP contribution in [-0.4, -0.2) is 48.8 Å². The van der Waals surface area contributed by atoms with Gasteiger partial charge in [-0.25, -0.2) is 0 Å². The molecule has 1 aliphatic heterocycles. The minimum Gasteiger partial charge on any atom is -0.393 e. The highest BCUT2D eigenvalue weighted by molar-refractivity contribution is 4.92. The van der Waals surface area contributed by atoms with Crippen LogP contribution in [0.25, 0.3) is 0 Å². The highest BCUT2D eigenvalue weighted by Gasteiger charge is 2.43. The fourth-order valence-electron chi connectivity index (χ4n) is 1.00. The van der Waals surface area contributed by atoms with E-state index in [0.29, 0.717) is 0 Å². The van der Waals surface area contributed by atoms with Gasteiger partial charge in [-0.2, -0.15) is 0 Å². The quantitative estimate of drug-likeness (QED) is 0.514. The lowest BCUT2D eigenvalue weighted by Gasteiger charge is -2.26. The van der Waals surface area contributed by atoms with Crippen molar-refractivity contribution in [1.82, 2.24) is 0 Å². The van der Waals surface area contributed by atoms with Gasteiger partial charge in [0.25, 0.3) is 0 Å². The lowest BCUT2D eigenvalue weighted by molar-refractivity contribution is -0.104. The third-order valence-electron chi connectivity index (χ3n) is 1.90. The van der Waals surface area contributed by atoms with E-state index in [-0.39, 0.29) is 19.8 Å². The van der Waals surface area contributed by atoms with Gasteiger partial charge >= 0.3 is 0 Å². The molecule has 1 fully saturated rings. The molecule has 1 unspecified atom stereocenters. The normalized spacial score (nSPS) is 40.5. The van der Waals surface area contributed by atoms with Crippen LogP contribution in [0.3, 0.4) is 0 Å². The Hall–Kier alpha value is -0.160. The maximum atomic E-state index is 9.23. The molecule has 0 radical (unpaired) electrons. The van der Waals surface area contributed by atoms with Crippen LogP contribution < -0.4 is 0 Å². The van der Waals surface area contributed by atoms with Crippen molar-refractivity contribution >= 4 is 0 Å². The average Bonchev–Trinajstić information content (AvgIpc) is 2.32. The third-order valence-corrected chi connectivity index (χ3v) is 1.90. The van der Waals surface area contributed by atoms with Gasteiger partial charge < -0.3 is 19.7 Å². The minimum atomic E-state index is -0.875. The molecule has 0 bridgehead atoms.